The molecule has 6 rings (SSSR count). The molecular weight excluding hydrogens is 669 g/mol. The molecule has 0 spiro atoms. The summed E-state index contributed by atoms with van der Waals surface area (Å²) >= 11 is 2.82. The first-order chi connectivity index (χ1) is 24.5. The third-order valence-electron chi connectivity index (χ3n) is 8.18. The van der Waals surface area contributed by atoms with Crippen molar-refractivity contribution in [1.29, 1.82) is 0 Å². The molecule has 1 N–H and O–H groups in total. The smallest absolute Gasteiger partial charge is 0.415 e. The van der Waals surface area contributed by atoms with E-state index in [-0.39, 0.29) is 18.7 Å². The molecule has 0 fully saturated rings. The van der Waals surface area contributed by atoms with Crippen molar-refractivity contribution in [3.05, 3.63) is 142 Å². The van der Waals surface area contributed by atoms with Crippen LogP contribution >= 0.6 is 22.7 Å². The maximum atomic E-state index is 13.5. The normalized spacial score (nSPS) is 12.4. The molecule has 3 aromatic heterocycles. The average molecular weight is 707 g/mol. The number of rotatable bonds is 15. The van der Waals surface area contributed by atoms with E-state index in [0.717, 1.165) is 32.5 Å². The number of carbonyl (C=O) groups is 2. The fourth-order valence-electron chi connectivity index (χ4n) is 5.96. The van der Waals surface area contributed by atoms with E-state index in [9.17, 15) is 9.59 Å². The molecule has 0 saturated carbocycles. The van der Waals surface area contributed by atoms with Gasteiger partial charge in [-0.15, -0.1) is 22.7 Å². The molecule has 3 aromatic carbocycles. The number of hydrogen-bond acceptors (Lipinski definition) is 10. The highest BCUT2D eigenvalue weighted by Crippen LogP contribution is 2.26. The van der Waals surface area contributed by atoms with E-state index in [0.29, 0.717) is 37.5 Å². The van der Waals surface area contributed by atoms with E-state index < -0.39 is 12.2 Å². The molecule has 10 nitrogen and oxygen atoms in total. The van der Waals surface area contributed by atoms with Gasteiger partial charge >= 0.3 is 12.2 Å². The van der Waals surface area contributed by atoms with Crippen LogP contribution in [0.1, 0.15) is 21.6 Å². The fraction of sp³-hybridized carbons (Fsp3) is 0.237. The van der Waals surface area contributed by atoms with Crippen LogP contribution in [0.3, 0.4) is 0 Å². The van der Waals surface area contributed by atoms with Crippen LogP contribution in [0.15, 0.2) is 121 Å². The van der Waals surface area contributed by atoms with Gasteiger partial charge in [-0.1, -0.05) is 78.9 Å². The molecular formula is C38H38N6O4S2. The van der Waals surface area contributed by atoms with Gasteiger partial charge in [0.25, 0.3) is 0 Å². The van der Waals surface area contributed by atoms with Crippen LogP contribution in [0, 0.1) is 0 Å². The number of carbonyl (C=O) groups excluding carboxylic acids is 2. The number of benzene rings is 3. The van der Waals surface area contributed by atoms with E-state index in [1.54, 1.807) is 28.3 Å². The molecule has 0 bridgehead atoms. The SMILES string of the molecule is COC(=O)N(c1cncs1)[C@@H](Cc1ccccc1)CN(Cc1cnc2ccccc2c1)C[C@@H](Cc1ccccc1)NC(=O)OCc1cncs1. The molecule has 50 heavy (non-hydrogen) atoms. The molecule has 256 valence electrons. The molecule has 2 atom stereocenters. The van der Waals surface area contributed by atoms with Gasteiger partial charge in [-0.05, 0) is 41.7 Å². The number of nitrogens with zero attached hydrogens (tertiary/aromatic N) is 5. The highest BCUT2D eigenvalue weighted by molar-refractivity contribution is 7.14. The first-order valence-electron chi connectivity index (χ1n) is 16.2. The van der Waals surface area contributed by atoms with Gasteiger partial charge in [0.05, 0.1) is 40.8 Å². The number of thiazole rings is 2. The molecule has 3 heterocycles. The number of amides is 2. The second-order valence-corrected chi connectivity index (χ2v) is 13.7. The third kappa shape index (κ3) is 9.71. The van der Waals surface area contributed by atoms with Crippen molar-refractivity contribution in [2.24, 2.45) is 0 Å². The number of nitrogens with one attached hydrogen (secondary N) is 1. The Hall–Kier alpha value is -5.17. The fourth-order valence-corrected chi connectivity index (χ4v) is 7.16. The van der Waals surface area contributed by atoms with Crippen LogP contribution in [-0.4, -0.2) is 64.3 Å². The Morgan fingerprint density at radius 3 is 2.20 bits per heavy atom. The number of alkyl carbamates (subject to hydrolysis) is 1. The summed E-state index contributed by atoms with van der Waals surface area (Å²) in [6.07, 6.45) is 5.45. The third-order valence-corrected chi connectivity index (χ3v) is 9.71. The van der Waals surface area contributed by atoms with Crippen LogP contribution in [-0.2, 0) is 35.5 Å². The highest BCUT2D eigenvalue weighted by Gasteiger charge is 2.31. The molecule has 0 radical (unpaired) electrons. The van der Waals surface area contributed by atoms with Gasteiger partial charge in [0.1, 0.15) is 11.6 Å². The minimum atomic E-state index is -0.506. The quantitative estimate of drug-likeness (QED) is 0.118. The minimum absolute atomic E-state index is 0.142. The Labute approximate surface area is 299 Å². The topological polar surface area (TPSA) is 110 Å². The molecule has 2 amide bonds. The van der Waals surface area contributed by atoms with Crippen LogP contribution < -0.4 is 10.2 Å². The van der Waals surface area contributed by atoms with E-state index in [4.69, 9.17) is 14.5 Å². The van der Waals surface area contributed by atoms with Gasteiger partial charge in [0, 0.05) is 43.5 Å². The van der Waals surface area contributed by atoms with Crippen molar-refractivity contribution in [2.45, 2.75) is 38.1 Å². The van der Waals surface area contributed by atoms with Gasteiger partial charge in [0.15, 0.2) is 0 Å². The standard InChI is InChI=1S/C38H38N6O4S2/c1-47-38(46)44(36-21-40-27-50-36)33(18-29-12-6-3-7-13-29)24-43(22-30-16-31-14-8-9-15-35(31)41-19-30)23-32(17-28-10-4-2-5-11-28)42-37(45)48-25-34-20-39-26-49-34/h2-16,19-21,26-27,32-33H,17-18,22-25H2,1H3,(H,42,45)/t32-,33+/m1/s1. The largest absolute Gasteiger partial charge is 0.452 e. The molecule has 0 aliphatic heterocycles. The van der Waals surface area contributed by atoms with Crippen molar-refractivity contribution in [1.82, 2.24) is 25.2 Å². The lowest BCUT2D eigenvalue weighted by atomic mass is 10.0. The Balaban J connectivity index is 1.33. The monoisotopic (exact) mass is 706 g/mol. The minimum Gasteiger partial charge on any atom is -0.452 e. The molecule has 12 heteroatoms. The van der Waals surface area contributed by atoms with Crippen LogP contribution in [0.4, 0.5) is 14.6 Å². The zero-order valence-electron chi connectivity index (χ0n) is 27.6. The number of fused-ring (bicyclic) bond motifs is 1. The van der Waals surface area contributed by atoms with E-state index in [2.05, 4.69) is 56.6 Å². The molecule has 0 aliphatic carbocycles. The van der Waals surface area contributed by atoms with Gasteiger partial charge in [-0.25, -0.2) is 9.59 Å². The maximum Gasteiger partial charge on any atom is 0.415 e. The lowest BCUT2D eigenvalue weighted by Gasteiger charge is -2.35. The number of anilines is 1. The first-order valence-corrected chi connectivity index (χ1v) is 18.0. The summed E-state index contributed by atoms with van der Waals surface area (Å²) in [6.45, 7) is 1.57. The van der Waals surface area contributed by atoms with E-state index in [1.165, 1.54) is 29.8 Å². The zero-order chi connectivity index (χ0) is 34.5. The summed E-state index contributed by atoms with van der Waals surface area (Å²) < 4.78 is 10.9. The Morgan fingerprint density at radius 1 is 0.800 bits per heavy atom. The Morgan fingerprint density at radius 2 is 1.50 bits per heavy atom. The van der Waals surface area contributed by atoms with Crippen molar-refractivity contribution < 1.29 is 19.1 Å². The number of hydrogen-bond donors (Lipinski definition) is 1. The number of aromatic nitrogens is 3. The van der Waals surface area contributed by atoms with Gasteiger partial charge in [0.2, 0.25) is 0 Å². The zero-order valence-corrected chi connectivity index (χ0v) is 29.3. The van der Waals surface area contributed by atoms with Crippen molar-refractivity contribution in [2.75, 3.05) is 25.1 Å². The summed E-state index contributed by atoms with van der Waals surface area (Å²) in [6, 6.07) is 29.7. The lowest BCUT2D eigenvalue weighted by Crippen LogP contribution is -2.51. The average Bonchev–Trinajstić information content (AvgIpc) is 3.87. The molecule has 0 unspecified atom stereocenters. The van der Waals surface area contributed by atoms with Crippen LogP contribution in [0.5, 0.6) is 0 Å². The Bertz CT molecular complexity index is 1930. The summed E-state index contributed by atoms with van der Waals surface area (Å²) in [4.78, 5) is 44.6. The number of pyridine rings is 1. The lowest BCUT2D eigenvalue weighted by molar-refractivity contribution is 0.130. The predicted octanol–water partition coefficient (Wildman–Crippen LogP) is 7.37. The number of ether oxygens (including phenoxy) is 2. The summed E-state index contributed by atoms with van der Waals surface area (Å²) in [5.41, 5.74) is 7.50. The van der Waals surface area contributed by atoms with Crippen molar-refractivity contribution >= 4 is 50.8 Å². The maximum absolute atomic E-state index is 13.5. The summed E-state index contributed by atoms with van der Waals surface area (Å²) in [5.74, 6) is 0. The van der Waals surface area contributed by atoms with Gasteiger partial charge < -0.3 is 14.8 Å². The molecule has 0 saturated heterocycles. The molecule has 6 aromatic rings. The second kappa shape index (κ2) is 17.5. The van der Waals surface area contributed by atoms with Crippen LogP contribution in [0.25, 0.3) is 10.9 Å². The van der Waals surface area contributed by atoms with Crippen LogP contribution in [0.2, 0.25) is 0 Å². The summed E-state index contributed by atoms with van der Waals surface area (Å²) in [5, 5.41) is 4.87. The van der Waals surface area contributed by atoms with E-state index in [1.807, 2.05) is 60.8 Å². The Kier molecular flexibility index (Phi) is 12.1. The second-order valence-electron chi connectivity index (χ2n) is 11.8. The van der Waals surface area contributed by atoms with Crippen molar-refractivity contribution in [3.63, 3.8) is 0 Å². The van der Waals surface area contributed by atoms with Gasteiger partial charge in [-0.3, -0.25) is 24.8 Å². The number of para-hydroxylation sites is 1. The first kappa shape index (κ1) is 34.7. The highest BCUT2D eigenvalue weighted by atomic mass is 32.1. The molecule has 0 aliphatic rings. The summed E-state index contributed by atoms with van der Waals surface area (Å²) in [7, 11) is 1.39. The van der Waals surface area contributed by atoms with Gasteiger partial charge in [-0.2, -0.15) is 0 Å². The number of methoxy groups -OCH3 is 1. The van der Waals surface area contributed by atoms with Crippen molar-refractivity contribution in [3.8, 4) is 0 Å². The van der Waals surface area contributed by atoms with E-state index >= 15 is 0 Å². The predicted molar refractivity (Wildman–Crippen MR) is 197 cm³/mol.